The number of hydrogen-bond acceptors (Lipinski definition) is 3. The second kappa shape index (κ2) is 5.17. The molecule has 1 aliphatic heterocycles. The van der Waals surface area contributed by atoms with E-state index in [4.69, 9.17) is 10.6 Å². The lowest BCUT2D eigenvalue weighted by atomic mass is 9.86. The molecule has 17 heavy (non-hydrogen) atoms. The third-order valence-electron chi connectivity index (χ3n) is 3.81. The van der Waals surface area contributed by atoms with Crippen LogP contribution >= 0.6 is 0 Å². The van der Waals surface area contributed by atoms with Crippen molar-refractivity contribution in [3.05, 3.63) is 34.9 Å². The van der Waals surface area contributed by atoms with Crippen LogP contribution in [0.5, 0.6) is 0 Å². The van der Waals surface area contributed by atoms with Gasteiger partial charge in [0.2, 0.25) is 0 Å². The molecule has 1 aromatic carbocycles. The van der Waals surface area contributed by atoms with E-state index in [0.29, 0.717) is 5.92 Å². The van der Waals surface area contributed by atoms with Gasteiger partial charge in [0.15, 0.2) is 0 Å². The topological polar surface area (TPSA) is 47.3 Å². The molecule has 0 spiro atoms. The number of nitrogens with two attached hydrogens (primary N) is 1. The first-order valence-electron chi connectivity index (χ1n) is 6.28. The summed E-state index contributed by atoms with van der Waals surface area (Å²) >= 11 is 0. The number of rotatable bonds is 3. The Kier molecular flexibility index (Phi) is 3.82. The molecule has 3 nitrogen and oxygen atoms in total. The zero-order valence-corrected chi connectivity index (χ0v) is 10.9. The first-order valence-corrected chi connectivity index (χ1v) is 6.28. The van der Waals surface area contributed by atoms with Crippen molar-refractivity contribution >= 4 is 0 Å². The molecule has 94 valence electrons. The van der Waals surface area contributed by atoms with Crippen LogP contribution < -0.4 is 11.3 Å². The van der Waals surface area contributed by atoms with Crippen molar-refractivity contribution in [3.63, 3.8) is 0 Å². The fraction of sp³-hybridized carbons (Fsp3) is 0.571. The fourth-order valence-electron chi connectivity index (χ4n) is 2.72. The number of aryl methyl sites for hydroxylation is 2. The summed E-state index contributed by atoms with van der Waals surface area (Å²) in [6.45, 7) is 7.23. The van der Waals surface area contributed by atoms with Crippen LogP contribution in [0.1, 0.15) is 36.1 Å². The van der Waals surface area contributed by atoms with Gasteiger partial charge in [-0.25, -0.2) is 0 Å². The highest BCUT2D eigenvalue weighted by atomic mass is 16.5. The minimum absolute atomic E-state index is 0.187. The molecule has 0 bridgehead atoms. The standard InChI is InChI=1S/C14H22N2O/c1-9-4-5-10(2)13(8-9)14(16-15)12-6-7-17-11(12)3/h4-5,8,11-12,14,16H,6-7,15H2,1-3H3. The van der Waals surface area contributed by atoms with Crippen LogP contribution in [0, 0.1) is 19.8 Å². The van der Waals surface area contributed by atoms with Crippen molar-refractivity contribution in [2.45, 2.75) is 39.3 Å². The first kappa shape index (κ1) is 12.6. The number of hydrogen-bond donors (Lipinski definition) is 2. The van der Waals surface area contributed by atoms with Crippen LogP contribution in [-0.4, -0.2) is 12.7 Å². The lowest BCUT2D eigenvalue weighted by Gasteiger charge is -2.27. The van der Waals surface area contributed by atoms with E-state index in [1.807, 2.05) is 0 Å². The predicted molar refractivity (Wildman–Crippen MR) is 69.5 cm³/mol. The maximum Gasteiger partial charge on any atom is 0.0594 e. The largest absolute Gasteiger partial charge is 0.378 e. The Morgan fingerprint density at radius 1 is 1.41 bits per heavy atom. The molecule has 0 amide bonds. The average Bonchev–Trinajstić information content (AvgIpc) is 2.71. The average molecular weight is 234 g/mol. The SMILES string of the molecule is Cc1ccc(C)c(C(NN)C2CCOC2C)c1. The van der Waals surface area contributed by atoms with Crippen LogP contribution in [0.15, 0.2) is 18.2 Å². The van der Waals surface area contributed by atoms with E-state index < -0.39 is 0 Å². The second-order valence-corrected chi connectivity index (χ2v) is 5.03. The predicted octanol–water partition coefficient (Wildman–Crippen LogP) is 2.23. The zero-order valence-electron chi connectivity index (χ0n) is 10.9. The molecule has 3 heteroatoms. The molecule has 0 aromatic heterocycles. The molecule has 0 radical (unpaired) electrons. The summed E-state index contributed by atoms with van der Waals surface area (Å²) in [5.74, 6) is 6.22. The summed E-state index contributed by atoms with van der Waals surface area (Å²) < 4.78 is 5.64. The second-order valence-electron chi connectivity index (χ2n) is 5.03. The van der Waals surface area contributed by atoms with E-state index in [2.05, 4.69) is 44.4 Å². The van der Waals surface area contributed by atoms with Crippen LogP contribution in [0.25, 0.3) is 0 Å². The molecule has 3 unspecified atom stereocenters. The maximum absolute atomic E-state index is 5.76. The van der Waals surface area contributed by atoms with Crippen molar-refractivity contribution in [1.29, 1.82) is 0 Å². The van der Waals surface area contributed by atoms with Gasteiger partial charge in [0.1, 0.15) is 0 Å². The number of nitrogens with one attached hydrogen (secondary N) is 1. The van der Waals surface area contributed by atoms with Gasteiger partial charge in [-0.05, 0) is 38.3 Å². The molecule has 2 rings (SSSR count). The third kappa shape index (κ3) is 2.51. The van der Waals surface area contributed by atoms with Crippen LogP contribution in [-0.2, 0) is 4.74 Å². The maximum atomic E-state index is 5.76. The number of ether oxygens (including phenoxy) is 1. The van der Waals surface area contributed by atoms with Crippen molar-refractivity contribution in [2.24, 2.45) is 11.8 Å². The highest BCUT2D eigenvalue weighted by Crippen LogP contribution is 2.34. The molecule has 3 N–H and O–H groups in total. The van der Waals surface area contributed by atoms with E-state index in [0.717, 1.165) is 13.0 Å². The Labute approximate surface area is 103 Å². The van der Waals surface area contributed by atoms with Crippen LogP contribution in [0.3, 0.4) is 0 Å². The summed E-state index contributed by atoms with van der Waals surface area (Å²) in [5.41, 5.74) is 6.84. The Bertz CT molecular complexity index is 392. The Morgan fingerprint density at radius 3 is 2.76 bits per heavy atom. The summed E-state index contributed by atoms with van der Waals surface area (Å²) in [4.78, 5) is 0. The van der Waals surface area contributed by atoms with Gasteiger partial charge < -0.3 is 4.74 Å². The van der Waals surface area contributed by atoms with Gasteiger partial charge in [-0.1, -0.05) is 23.8 Å². The van der Waals surface area contributed by atoms with Crippen molar-refractivity contribution < 1.29 is 4.74 Å². The monoisotopic (exact) mass is 234 g/mol. The van der Waals surface area contributed by atoms with E-state index in [9.17, 15) is 0 Å². The summed E-state index contributed by atoms with van der Waals surface area (Å²) in [6, 6.07) is 6.72. The lowest BCUT2D eigenvalue weighted by molar-refractivity contribution is 0.0953. The Balaban J connectivity index is 2.31. The quantitative estimate of drug-likeness (QED) is 0.623. The first-order chi connectivity index (χ1) is 8.13. The molecular weight excluding hydrogens is 212 g/mol. The molecule has 1 aromatic rings. The van der Waals surface area contributed by atoms with Gasteiger partial charge >= 0.3 is 0 Å². The Morgan fingerprint density at radius 2 is 2.18 bits per heavy atom. The van der Waals surface area contributed by atoms with E-state index in [-0.39, 0.29) is 12.1 Å². The minimum atomic E-state index is 0.187. The minimum Gasteiger partial charge on any atom is -0.378 e. The van der Waals surface area contributed by atoms with Crippen LogP contribution in [0.2, 0.25) is 0 Å². The van der Waals surface area contributed by atoms with Crippen molar-refractivity contribution in [2.75, 3.05) is 6.61 Å². The molecule has 3 atom stereocenters. The van der Waals surface area contributed by atoms with Crippen molar-refractivity contribution in [3.8, 4) is 0 Å². The van der Waals surface area contributed by atoms with E-state index in [1.54, 1.807) is 0 Å². The highest BCUT2D eigenvalue weighted by molar-refractivity contribution is 5.33. The van der Waals surface area contributed by atoms with Gasteiger partial charge in [-0.2, -0.15) is 0 Å². The molecule has 1 aliphatic rings. The normalized spacial score (nSPS) is 26.1. The molecule has 1 heterocycles. The number of hydrazine groups is 1. The van der Waals surface area contributed by atoms with Gasteiger partial charge in [0.25, 0.3) is 0 Å². The van der Waals surface area contributed by atoms with Gasteiger partial charge in [-0.15, -0.1) is 0 Å². The van der Waals surface area contributed by atoms with Gasteiger partial charge in [-0.3, -0.25) is 11.3 Å². The van der Waals surface area contributed by atoms with Crippen LogP contribution in [0.4, 0.5) is 0 Å². The van der Waals surface area contributed by atoms with E-state index in [1.165, 1.54) is 16.7 Å². The smallest absolute Gasteiger partial charge is 0.0594 e. The fourth-order valence-corrected chi connectivity index (χ4v) is 2.72. The summed E-state index contributed by atoms with van der Waals surface area (Å²) in [7, 11) is 0. The number of benzene rings is 1. The zero-order chi connectivity index (χ0) is 12.4. The molecular formula is C14H22N2O. The van der Waals surface area contributed by atoms with Crippen molar-refractivity contribution in [1.82, 2.24) is 5.43 Å². The highest BCUT2D eigenvalue weighted by Gasteiger charge is 2.32. The van der Waals surface area contributed by atoms with Gasteiger partial charge in [0.05, 0.1) is 12.1 Å². The van der Waals surface area contributed by atoms with E-state index >= 15 is 0 Å². The molecule has 0 saturated carbocycles. The third-order valence-corrected chi connectivity index (χ3v) is 3.81. The molecule has 0 aliphatic carbocycles. The molecule has 1 fully saturated rings. The summed E-state index contributed by atoms with van der Waals surface area (Å²) in [6.07, 6.45) is 1.35. The Hall–Kier alpha value is -0.900. The van der Waals surface area contributed by atoms with Gasteiger partial charge in [0, 0.05) is 12.5 Å². The summed E-state index contributed by atoms with van der Waals surface area (Å²) in [5, 5.41) is 0. The molecule has 1 saturated heterocycles. The lowest BCUT2D eigenvalue weighted by Crippen LogP contribution is -2.36.